The van der Waals surface area contributed by atoms with Gasteiger partial charge in [-0.25, -0.2) is 4.98 Å². The fourth-order valence-corrected chi connectivity index (χ4v) is 4.08. The van der Waals surface area contributed by atoms with Crippen molar-refractivity contribution in [2.45, 2.75) is 18.6 Å². The monoisotopic (exact) mass is 444 g/mol. The van der Waals surface area contributed by atoms with Gasteiger partial charge in [0.2, 0.25) is 0 Å². The van der Waals surface area contributed by atoms with Gasteiger partial charge in [0, 0.05) is 36.6 Å². The van der Waals surface area contributed by atoms with Gasteiger partial charge in [-0.3, -0.25) is 4.98 Å². The fourth-order valence-electron chi connectivity index (χ4n) is 3.26. The zero-order valence-corrected chi connectivity index (χ0v) is 17.0. The van der Waals surface area contributed by atoms with Crippen molar-refractivity contribution in [1.29, 1.82) is 0 Å². The SMILES string of the molecule is NC(CNc1ncc(-c2ccc3cnccc3c2)s1)Cc1ccc(C(F)(F)F)c(O)c1. The molecule has 0 bridgehead atoms. The van der Waals surface area contributed by atoms with E-state index in [1.807, 2.05) is 24.4 Å². The zero-order valence-electron chi connectivity index (χ0n) is 16.2. The van der Waals surface area contributed by atoms with E-state index in [-0.39, 0.29) is 6.04 Å². The first-order valence-corrected chi connectivity index (χ1v) is 10.3. The number of aromatic hydroxyl groups is 1. The summed E-state index contributed by atoms with van der Waals surface area (Å²) in [6.07, 6.45) is 1.08. The van der Waals surface area contributed by atoms with Crippen LogP contribution in [0.25, 0.3) is 21.2 Å². The molecular formula is C22H19F3N4OS. The summed E-state index contributed by atoms with van der Waals surface area (Å²) in [4.78, 5) is 9.50. The van der Waals surface area contributed by atoms with E-state index in [1.165, 1.54) is 17.4 Å². The van der Waals surface area contributed by atoms with E-state index in [0.717, 1.165) is 33.3 Å². The number of pyridine rings is 1. The van der Waals surface area contributed by atoms with Crippen LogP contribution in [0.3, 0.4) is 0 Å². The van der Waals surface area contributed by atoms with E-state index in [9.17, 15) is 18.3 Å². The Morgan fingerprint density at radius 2 is 1.90 bits per heavy atom. The summed E-state index contributed by atoms with van der Waals surface area (Å²) in [5, 5.41) is 15.7. The average molecular weight is 444 g/mol. The number of thiazole rings is 1. The lowest BCUT2D eigenvalue weighted by atomic mass is 10.0. The van der Waals surface area contributed by atoms with E-state index in [2.05, 4.69) is 21.4 Å². The number of nitrogens with two attached hydrogens (primary N) is 1. The standard InChI is InChI=1S/C22H19F3N4OS/c23-22(24,25)18-4-1-13(8-19(18)30)7-17(26)11-28-21-29-12-20(31-21)15-2-3-16-10-27-6-5-14(16)9-15/h1-6,8-10,12,17,30H,7,11,26H2,(H,28,29). The van der Waals surface area contributed by atoms with Crippen LogP contribution in [0.1, 0.15) is 11.1 Å². The topological polar surface area (TPSA) is 84.1 Å². The van der Waals surface area contributed by atoms with Crippen molar-refractivity contribution in [1.82, 2.24) is 9.97 Å². The molecule has 4 N–H and O–H groups in total. The Bertz CT molecular complexity index is 1210. The van der Waals surface area contributed by atoms with Crippen molar-refractivity contribution in [2.24, 2.45) is 5.73 Å². The smallest absolute Gasteiger partial charge is 0.419 e. The maximum absolute atomic E-state index is 12.7. The first-order chi connectivity index (χ1) is 14.8. The Labute approximate surface area is 180 Å². The van der Waals surface area contributed by atoms with Gasteiger partial charge in [-0.15, -0.1) is 0 Å². The van der Waals surface area contributed by atoms with Crippen LogP contribution < -0.4 is 11.1 Å². The number of benzene rings is 2. The Hall–Kier alpha value is -3.17. The number of aromatic nitrogens is 2. The van der Waals surface area contributed by atoms with Crippen molar-refractivity contribution in [3.63, 3.8) is 0 Å². The number of hydrogen-bond donors (Lipinski definition) is 3. The first kappa shape index (κ1) is 21.1. The van der Waals surface area contributed by atoms with Crippen LogP contribution >= 0.6 is 11.3 Å². The molecular weight excluding hydrogens is 425 g/mol. The summed E-state index contributed by atoms with van der Waals surface area (Å²) in [5.41, 5.74) is 6.64. The zero-order chi connectivity index (χ0) is 22.0. The van der Waals surface area contributed by atoms with Crippen LogP contribution in [0.15, 0.2) is 61.1 Å². The third-order valence-electron chi connectivity index (χ3n) is 4.81. The molecule has 1 unspecified atom stereocenters. The maximum atomic E-state index is 12.7. The molecule has 160 valence electrons. The van der Waals surface area contributed by atoms with Gasteiger partial charge in [-0.05, 0) is 47.2 Å². The molecule has 2 aromatic carbocycles. The highest BCUT2D eigenvalue weighted by molar-refractivity contribution is 7.18. The molecule has 0 radical (unpaired) electrons. The summed E-state index contributed by atoms with van der Waals surface area (Å²) in [5.74, 6) is -0.791. The third-order valence-corrected chi connectivity index (χ3v) is 5.82. The van der Waals surface area contributed by atoms with Gasteiger partial charge in [0.25, 0.3) is 0 Å². The number of phenols is 1. The Morgan fingerprint density at radius 1 is 1.06 bits per heavy atom. The van der Waals surface area contributed by atoms with Gasteiger partial charge in [0.1, 0.15) is 5.75 Å². The van der Waals surface area contributed by atoms with E-state index in [1.54, 1.807) is 12.4 Å². The molecule has 0 fully saturated rings. The Morgan fingerprint density at radius 3 is 2.68 bits per heavy atom. The van der Waals surface area contributed by atoms with Gasteiger partial charge in [0.05, 0.1) is 10.4 Å². The number of anilines is 1. The largest absolute Gasteiger partial charge is 0.507 e. The first-order valence-electron chi connectivity index (χ1n) is 9.48. The predicted molar refractivity (Wildman–Crippen MR) is 116 cm³/mol. The quantitative estimate of drug-likeness (QED) is 0.387. The van der Waals surface area contributed by atoms with Crippen molar-refractivity contribution < 1.29 is 18.3 Å². The minimum atomic E-state index is -4.59. The molecule has 1 atom stereocenters. The van der Waals surface area contributed by atoms with Crippen LogP contribution in [-0.2, 0) is 12.6 Å². The molecule has 2 aromatic heterocycles. The molecule has 0 aliphatic carbocycles. The summed E-state index contributed by atoms with van der Waals surface area (Å²) in [7, 11) is 0. The van der Waals surface area contributed by atoms with Gasteiger partial charge >= 0.3 is 6.18 Å². The van der Waals surface area contributed by atoms with Crippen LogP contribution in [0, 0.1) is 0 Å². The van der Waals surface area contributed by atoms with E-state index in [0.29, 0.717) is 23.7 Å². The van der Waals surface area contributed by atoms with Crippen LogP contribution in [0.4, 0.5) is 18.3 Å². The van der Waals surface area contributed by atoms with Gasteiger partial charge < -0.3 is 16.2 Å². The van der Waals surface area contributed by atoms with Crippen LogP contribution in [0.5, 0.6) is 5.75 Å². The van der Waals surface area contributed by atoms with Crippen molar-refractivity contribution in [3.8, 4) is 16.2 Å². The van der Waals surface area contributed by atoms with Crippen LogP contribution in [-0.4, -0.2) is 27.7 Å². The number of alkyl halides is 3. The lowest BCUT2D eigenvalue weighted by molar-refractivity contribution is -0.138. The highest BCUT2D eigenvalue weighted by atomic mass is 32.1. The second-order valence-electron chi connectivity index (χ2n) is 7.16. The molecule has 0 amide bonds. The molecule has 0 spiro atoms. The van der Waals surface area contributed by atoms with Gasteiger partial charge in [-0.1, -0.05) is 29.5 Å². The summed E-state index contributed by atoms with van der Waals surface area (Å²) >= 11 is 1.49. The van der Waals surface area contributed by atoms with E-state index in [4.69, 9.17) is 5.73 Å². The Balaban J connectivity index is 1.37. The lowest BCUT2D eigenvalue weighted by Gasteiger charge is -2.14. The molecule has 0 aliphatic heterocycles. The molecule has 4 aromatic rings. The lowest BCUT2D eigenvalue weighted by Crippen LogP contribution is -2.31. The number of halogens is 3. The predicted octanol–water partition coefficient (Wildman–Crippen LogP) is 5.06. The highest BCUT2D eigenvalue weighted by Gasteiger charge is 2.33. The second-order valence-corrected chi connectivity index (χ2v) is 8.19. The highest BCUT2D eigenvalue weighted by Crippen LogP contribution is 2.36. The fraction of sp³-hybridized carbons (Fsp3) is 0.182. The Kier molecular flexibility index (Phi) is 5.79. The van der Waals surface area contributed by atoms with Crippen molar-refractivity contribution in [2.75, 3.05) is 11.9 Å². The minimum Gasteiger partial charge on any atom is -0.507 e. The van der Waals surface area contributed by atoms with Gasteiger partial charge in [0.15, 0.2) is 5.13 Å². The molecule has 2 heterocycles. The van der Waals surface area contributed by atoms with E-state index < -0.39 is 17.5 Å². The average Bonchev–Trinajstić information content (AvgIpc) is 3.20. The third kappa shape index (κ3) is 4.95. The number of nitrogens with zero attached hydrogens (tertiary/aromatic N) is 2. The molecule has 0 saturated heterocycles. The number of rotatable bonds is 6. The number of phenolic OH excluding ortho intramolecular Hbond substituents is 1. The van der Waals surface area contributed by atoms with Crippen molar-refractivity contribution >= 4 is 27.2 Å². The summed E-state index contributed by atoms with van der Waals surface area (Å²) in [6, 6.07) is 11.0. The molecule has 5 nitrogen and oxygen atoms in total. The maximum Gasteiger partial charge on any atom is 0.419 e. The van der Waals surface area contributed by atoms with Crippen molar-refractivity contribution in [3.05, 3.63) is 72.2 Å². The summed E-state index contributed by atoms with van der Waals surface area (Å²) in [6.45, 7) is 0.387. The molecule has 0 saturated carbocycles. The minimum absolute atomic E-state index is 0.315. The van der Waals surface area contributed by atoms with Crippen LogP contribution in [0.2, 0.25) is 0 Å². The molecule has 31 heavy (non-hydrogen) atoms. The number of fused-ring (bicyclic) bond motifs is 1. The molecule has 4 rings (SSSR count). The molecule has 0 aliphatic rings. The summed E-state index contributed by atoms with van der Waals surface area (Å²) < 4.78 is 38.2. The normalized spacial score (nSPS) is 12.8. The number of nitrogens with one attached hydrogen (secondary N) is 1. The van der Waals surface area contributed by atoms with Gasteiger partial charge in [-0.2, -0.15) is 13.2 Å². The molecule has 9 heteroatoms. The number of hydrogen-bond acceptors (Lipinski definition) is 6. The second kappa shape index (κ2) is 8.52. The van der Waals surface area contributed by atoms with E-state index >= 15 is 0 Å².